The van der Waals surface area contributed by atoms with Crippen molar-refractivity contribution in [2.24, 2.45) is 7.05 Å². The molecule has 2 aromatic rings. The maximum Gasteiger partial charge on any atom is 0.256 e. The molecule has 1 fully saturated rings. The second kappa shape index (κ2) is 6.68. The maximum atomic E-state index is 12.5. The fourth-order valence-electron chi connectivity index (χ4n) is 2.56. The van der Waals surface area contributed by atoms with E-state index < -0.39 is 0 Å². The van der Waals surface area contributed by atoms with Crippen LogP contribution in [-0.4, -0.2) is 45.8 Å². The monoisotopic (exact) mass is 345 g/mol. The molecule has 126 valence electrons. The largest absolute Gasteiger partial charge is 0.486 e. The number of pyridine rings is 2. The van der Waals surface area contributed by atoms with E-state index in [1.54, 1.807) is 34.8 Å². The molecule has 0 aliphatic carbocycles. The van der Waals surface area contributed by atoms with Crippen LogP contribution in [0.5, 0.6) is 5.75 Å². The predicted molar refractivity (Wildman–Crippen MR) is 92.8 cm³/mol. The van der Waals surface area contributed by atoms with Crippen LogP contribution in [0, 0.1) is 6.92 Å². The Bertz CT molecular complexity index is 828. The molecule has 0 spiro atoms. The van der Waals surface area contributed by atoms with Crippen LogP contribution in [0.15, 0.2) is 40.3 Å². The van der Waals surface area contributed by atoms with Gasteiger partial charge in [0.05, 0.1) is 18.7 Å². The van der Waals surface area contributed by atoms with E-state index in [4.69, 9.17) is 4.74 Å². The third-order valence-corrected chi connectivity index (χ3v) is 4.82. The number of carbonyl (C=O) groups is 1. The number of rotatable bonds is 4. The van der Waals surface area contributed by atoms with Crippen molar-refractivity contribution in [1.82, 2.24) is 14.5 Å². The fourth-order valence-corrected chi connectivity index (χ4v) is 3.10. The quantitative estimate of drug-likeness (QED) is 0.790. The van der Waals surface area contributed by atoms with Gasteiger partial charge in [0.15, 0.2) is 0 Å². The number of hydrogen-bond donors (Lipinski definition) is 0. The first-order chi connectivity index (χ1) is 11.5. The molecule has 0 radical (unpaired) electrons. The Morgan fingerprint density at radius 1 is 1.38 bits per heavy atom. The molecule has 0 bridgehead atoms. The Kier molecular flexibility index (Phi) is 4.62. The van der Waals surface area contributed by atoms with Crippen LogP contribution in [0.2, 0.25) is 0 Å². The van der Waals surface area contributed by atoms with Gasteiger partial charge in [-0.2, -0.15) is 0 Å². The van der Waals surface area contributed by atoms with Crippen molar-refractivity contribution in [3.8, 4) is 5.75 Å². The van der Waals surface area contributed by atoms with Gasteiger partial charge in [0.2, 0.25) is 0 Å². The average Bonchev–Trinajstić information content (AvgIpc) is 2.54. The summed E-state index contributed by atoms with van der Waals surface area (Å²) in [5.74, 6) is 0.520. The van der Waals surface area contributed by atoms with E-state index in [1.807, 2.05) is 19.2 Å². The van der Waals surface area contributed by atoms with Crippen molar-refractivity contribution in [1.29, 1.82) is 0 Å². The first kappa shape index (κ1) is 16.6. The number of nitrogens with zero attached hydrogens (tertiary/aromatic N) is 3. The molecule has 1 saturated heterocycles. The molecule has 0 unspecified atom stereocenters. The molecule has 0 atom stereocenters. The number of aromatic nitrogens is 2. The lowest BCUT2D eigenvalue weighted by Gasteiger charge is -2.39. The number of likely N-dealkylation sites (tertiary alicyclic amines) is 1. The minimum Gasteiger partial charge on any atom is -0.486 e. The molecule has 3 heterocycles. The van der Waals surface area contributed by atoms with Gasteiger partial charge in [-0.15, -0.1) is 11.8 Å². The Morgan fingerprint density at radius 2 is 2.12 bits per heavy atom. The molecule has 1 aliphatic rings. The molecule has 24 heavy (non-hydrogen) atoms. The standard InChI is InChI=1S/C17H19N3O3S/c1-11-7-12(8-15(21)19(11)2)23-13-9-20(10-13)17(22)14-5-4-6-18-16(14)24-3/h4-8,13H,9-10H2,1-3H3. The second-order valence-corrected chi connectivity index (χ2v) is 6.53. The number of hydrogen-bond acceptors (Lipinski definition) is 5. The molecule has 6 nitrogen and oxygen atoms in total. The zero-order chi connectivity index (χ0) is 17.3. The summed E-state index contributed by atoms with van der Waals surface area (Å²) in [5, 5.41) is 0.731. The second-order valence-electron chi connectivity index (χ2n) is 5.74. The average molecular weight is 345 g/mol. The molecular weight excluding hydrogens is 326 g/mol. The van der Waals surface area contributed by atoms with Crippen molar-refractivity contribution in [2.75, 3.05) is 19.3 Å². The van der Waals surface area contributed by atoms with Crippen LogP contribution in [0.25, 0.3) is 0 Å². The lowest BCUT2D eigenvalue weighted by molar-refractivity contribution is 0.0173. The van der Waals surface area contributed by atoms with Gasteiger partial charge < -0.3 is 14.2 Å². The molecule has 3 rings (SSSR count). The Labute approximate surface area is 144 Å². The Balaban J connectivity index is 1.63. The van der Waals surface area contributed by atoms with Gasteiger partial charge in [0, 0.05) is 25.0 Å². The van der Waals surface area contributed by atoms with E-state index in [0.29, 0.717) is 24.4 Å². The zero-order valence-corrected chi connectivity index (χ0v) is 14.7. The van der Waals surface area contributed by atoms with Gasteiger partial charge in [-0.05, 0) is 31.4 Å². The van der Waals surface area contributed by atoms with Crippen LogP contribution in [0.3, 0.4) is 0 Å². The number of amides is 1. The van der Waals surface area contributed by atoms with Gasteiger partial charge in [-0.25, -0.2) is 4.98 Å². The van der Waals surface area contributed by atoms with E-state index in [-0.39, 0.29) is 17.6 Å². The van der Waals surface area contributed by atoms with E-state index in [2.05, 4.69) is 4.98 Å². The summed E-state index contributed by atoms with van der Waals surface area (Å²) in [6.07, 6.45) is 3.50. The smallest absolute Gasteiger partial charge is 0.256 e. The molecule has 1 aliphatic heterocycles. The van der Waals surface area contributed by atoms with Crippen LogP contribution < -0.4 is 10.3 Å². The Morgan fingerprint density at radius 3 is 2.79 bits per heavy atom. The first-order valence-corrected chi connectivity index (χ1v) is 8.84. The number of carbonyl (C=O) groups excluding carboxylic acids is 1. The third kappa shape index (κ3) is 3.17. The molecule has 0 aromatic carbocycles. The topological polar surface area (TPSA) is 64.4 Å². The van der Waals surface area contributed by atoms with E-state index in [0.717, 1.165) is 10.7 Å². The summed E-state index contributed by atoms with van der Waals surface area (Å²) >= 11 is 1.46. The summed E-state index contributed by atoms with van der Waals surface area (Å²) in [6.45, 7) is 2.88. The molecule has 1 amide bonds. The lowest BCUT2D eigenvalue weighted by Crippen LogP contribution is -2.56. The first-order valence-electron chi connectivity index (χ1n) is 7.62. The van der Waals surface area contributed by atoms with E-state index in [1.165, 1.54) is 17.8 Å². The normalized spacial score (nSPS) is 14.4. The van der Waals surface area contributed by atoms with E-state index >= 15 is 0 Å². The van der Waals surface area contributed by atoms with Crippen LogP contribution in [-0.2, 0) is 7.05 Å². The molecule has 0 saturated carbocycles. The molecular formula is C17H19N3O3S. The van der Waals surface area contributed by atoms with E-state index in [9.17, 15) is 9.59 Å². The number of aryl methyl sites for hydroxylation is 1. The van der Waals surface area contributed by atoms with Crippen molar-refractivity contribution < 1.29 is 9.53 Å². The highest BCUT2D eigenvalue weighted by Crippen LogP contribution is 2.23. The van der Waals surface area contributed by atoms with Crippen LogP contribution in [0.1, 0.15) is 16.1 Å². The summed E-state index contributed by atoms with van der Waals surface area (Å²) < 4.78 is 7.38. The summed E-state index contributed by atoms with van der Waals surface area (Å²) in [7, 11) is 1.72. The van der Waals surface area contributed by atoms with Gasteiger partial charge in [0.1, 0.15) is 16.9 Å². The SMILES string of the molecule is CSc1ncccc1C(=O)N1CC(Oc2cc(C)n(C)c(=O)c2)C1. The highest BCUT2D eigenvalue weighted by molar-refractivity contribution is 7.98. The minimum atomic E-state index is -0.0998. The molecule has 0 N–H and O–H groups in total. The maximum absolute atomic E-state index is 12.5. The lowest BCUT2D eigenvalue weighted by atomic mass is 10.1. The summed E-state index contributed by atoms with van der Waals surface area (Å²) in [4.78, 5) is 30.3. The van der Waals surface area contributed by atoms with Crippen molar-refractivity contribution in [3.05, 3.63) is 52.1 Å². The number of ether oxygens (including phenoxy) is 1. The van der Waals surface area contributed by atoms with Crippen molar-refractivity contribution in [3.63, 3.8) is 0 Å². The van der Waals surface area contributed by atoms with Crippen LogP contribution in [0.4, 0.5) is 0 Å². The van der Waals surface area contributed by atoms with Crippen LogP contribution >= 0.6 is 11.8 Å². The Hall–Kier alpha value is -2.28. The zero-order valence-electron chi connectivity index (χ0n) is 13.9. The van der Waals surface area contributed by atoms with Gasteiger partial charge in [-0.3, -0.25) is 9.59 Å². The fraction of sp³-hybridized carbons (Fsp3) is 0.353. The van der Waals surface area contributed by atoms with Crippen molar-refractivity contribution in [2.45, 2.75) is 18.1 Å². The minimum absolute atomic E-state index is 0.0348. The third-order valence-electron chi connectivity index (χ3n) is 4.11. The van der Waals surface area contributed by atoms with Gasteiger partial charge in [0.25, 0.3) is 11.5 Å². The number of thioether (sulfide) groups is 1. The van der Waals surface area contributed by atoms with Gasteiger partial charge >= 0.3 is 0 Å². The highest BCUT2D eigenvalue weighted by atomic mass is 32.2. The summed E-state index contributed by atoms with van der Waals surface area (Å²) in [6, 6.07) is 6.87. The van der Waals surface area contributed by atoms with Gasteiger partial charge in [-0.1, -0.05) is 0 Å². The molecule has 7 heteroatoms. The highest BCUT2D eigenvalue weighted by Gasteiger charge is 2.34. The summed E-state index contributed by atoms with van der Waals surface area (Å²) in [5.41, 5.74) is 1.36. The predicted octanol–water partition coefficient (Wildman–Crippen LogP) is 1.71. The molecule has 2 aromatic heterocycles. The van der Waals surface area contributed by atoms with Crippen molar-refractivity contribution >= 4 is 17.7 Å².